The number of aliphatic hydroxyl groups is 1. The van der Waals surface area contributed by atoms with E-state index in [-0.39, 0.29) is 18.2 Å². The van der Waals surface area contributed by atoms with E-state index in [1.165, 1.54) is 0 Å². The summed E-state index contributed by atoms with van der Waals surface area (Å²) in [5.41, 5.74) is 1.16. The van der Waals surface area contributed by atoms with Crippen LogP contribution in [0.3, 0.4) is 0 Å². The molecule has 0 aromatic heterocycles. The lowest BCUT2D eigenvalue weighted by molar-refractivity contribution is 0.0697. The molecule has 1 aromatic carbocycles. The van der Waals surface area contributed by atoms with Crippen LogP contribution in [0.25, 0.3) is 0 Å². The summed E-state index contributed by atoms with van der Waals surface area (Å²) in [7, 11) is 0. The molecular formula is C12H17NO3. The molecule has 0 aliphatic heterocycles. The summed E-state index contributed by atoms with van der Waals surface area (Å²) in [5, 5.41) is 20.8. The van der Waals surface area contributed by atoms with Crippen LogP contribution >= 0.6 is 0 Å². The second-order valence-corrected chi connectivity index (χ2v) is 3.64. The Kier molecular flexibility index (Phi) is 4.79. The lowest BCUT2D eigenvalue weighted by Crippen LogP contribution is -2.19. The maximum atomic E-state index is 10.6. The normalized spacial score (nSPS) is 12.1. The number of rotatable bonds is 6. The highest BCUT2D eigenvalue weighted by Gasteiger charge is 2.06. The Hall–Kier alpha value is -1.55. The van der Waals surface area contributed by atoms with Crippen molar-refractivity contribution in [2.75, 3.05) is 11.9 Å². The van der Waals surface area contributed by atoms with Crippen LogP contribution in [0.15, 0.2) is 24.3 Å². The molecule has 0 amide bonds. The summed E-state index contributed by atoms with van der Waals surface area (Å²) in [6, 6.07) is 6.83. The first-order chi connectivity index (χ1) is 7.67. The van der Waals surface area contributed by atoms with Gasteiger partial charge in [0.1, 0.15) is 0 Å². The van der Waals surface area contributed by atoms with Gasteiger partial charge in [0.25, 0.3) is 0 Å². The SMILES string of the molecule is CCC(CCO)Nc1ccc(C(=O)O)cc1. The van der Waals surface area contributed by atoms with Crippen LogP contribution in [0, 0.1) is 0 Å². The first kappa shape index (κ1) is 12.5. The average Bonchev–Trinajstić information content (AvgIpc) is 2.29. The summed E-state index contributed by atoms with van der Waals surface area (Å²) < 4.78 is 0. The summed E-state index contributed by atoms with van der Waals surface area (Å²) in [6.07, 6.45) is 1.61. The summed E-state index contributed by atoms with van der Waals surface area (Å²) in [4.78, 5) is 10.6. The Balaban J connectivity index is 2.63. The van der Waals surface area contributed by atoms with Gasteiger partial charge in [-0.05, 0) is 37.1 Å². The minimum Gasteiger partial charge on any atom is -0.478 e. The van der Waals surface area contributed by atoms with Crippen LogP contribution in [0.5, 0.6) is 0 Å². The van der Waals surface area contributed by atoms with E-state index in [1.54, 1.807) is 24.3 Å². The van der Waals surface area contributed by atoms with Crippen molar-refractivity contribution in [3.63, 3.8) is 0 Å². The minimum atomic E-state index is -0.922. The molecule has 0 spiro atoms. The topological polar surface area (TPSA) is 69.6 Å². The standard InChI is InChI=1S/C12H17NO3/c1-2-10(7-8-14)13-11-5-3-9(4-6-11)12(15)16/h3-6,10,13-14H,2,7-8H2,1H3,(H,15,16). The van der Waals surface area contributed by atoms with Gasteiger partial charge in [0.05, 0.1) is 5.56 Å². The summed E-state index contributed by atoms with van der Waals surface area (Å²) >= 11 is 0. The Bertz CT molecular complexity index is 335. The molecule has 0 bridgehead atoms. The molecule has 88 valence electrons. The zero-order valence-corrected chi connectivity index (χ0v) is 9.31. The predicted molar refractivity (Wildman–Crippen MR) is 62.8 cm³/mol. The molecule has 0 saturated heterocycles. The van der Waals surface area contributed by atoms with Crippen LogP contribution in [0.1, 0.15) is 30.1 Å². The molecule has 3 N–H and O–H groups in total. The molecule has 4 heteroatoms. The van der Waals surface area contributed by atoms with Gasteiger partial charge in [-0.15, -0.1) is 0 Å². The number of carbonyl (C=O) groups is 1. The number of carboxylic acids is 1. The Labute approximate surface area is 94.9 Å². The van der Waals surface area contributed by atoms with Gasteiger partial charge in [-0.1, -0.05) is 6.92 Å². The Morgan fingerprint density at radius 1 is 1.38 bits per heavy atom. The number of anilines is 1. The van der Waals surface area contributed by atoms with Crippen molar-refractivity contribution in [2.45, 2.75) is 25.8 Å². The predicted octanol–water partition coefficient (Wildman–Crippen LogP) is 1.96. The smallest absolute Gasteiger partial charge is 0.335 e. The molecule has 16 heavy (non-hydrogen) atoms. The van der Waals surface area contributed by atoms with Crippen molar-refractivity contribution in [1.29, 1.82) is 0 Å². The molecule has 0 aliphatic carbocycles. The van der Waals surface area contributed by atoms with Crippen LogP contribution in [-0.4, -0.2) is 28.8 Å². The third-order valence-electron chi connectivity index (χ3n) is 2.47. The maximum Gasteiger partial charge on any atom is 0.335 e. The van der Waals surface area contributed by atoms with Crippen molar-refractivity contribution in [1.82, 2.24) is 0 Å². The third kappa shape index (κ3) is 3.55. The monoisotopic (exact) mass is 223 g/mol. The van der Waals surface area contributed by atoms with E-state index in [0.29, 0.717) is 6.42 Å². The fraction of sp³-hybridized carbons (Fsp3) is 0.417. The van der Waals surface area contributed by atoms with E-state index in [0.717, 1.165) is 12.1 Å². The van der Waals surface area contributed by atoms with Crippen molar-refractivity contribution in [3.8, 4) is 0 Å². The second-order valence-electron chi connectivity index (χ2n) is 3.64. The van der Waals surface area contributed by atoms with Crippen LogP contribution < -0.4 is 5.32 Å². The number of benzene rings is 1. The molecule has 1 unspecified atom stereocenters. The molecule has 1 rings (SSSR count). The molecule has 0 radical (unpaired) electrons. The van der Waals surface area contributed by atoms with E-state index in [2.05, 4.69) is 5.32 Å². The molecular weight excluding hydrogens is 206 g/mol. The van der Waals surface area contributed by atoms with Crippen LogP contribution in [0.2, 0.25) is 0 Å². The highest BCUT2D eigenvalue weighted by Crippen LogP contribution is 2.13. The van der Waals surface area contributed by atoms with Crippen LogP contribution in [0.4, 0.5) is 5.69 Å². The fourth-order valence-electron chi connectivity index (χ4n) is 1.48. The Morgan fingerprint density at radius 2 is 2.00 bits per heavy atom. The molecule has 1 aromatic rings. The van der Waals surface area contributed by atoms with Gasteiger partial charge < -0.3 is 15.5 Å². The van der Waals surface area contributed by atoms with Crippen molar-refractivity contribution in [3.05, 3.63) is 29.8 Å². The number of hydrogen-bond acceptors (Lipinski definition) is 3. The molecule has 0 fully saturated rings. The lowest BCUT2D eigenvalue weighted by Gasteiger charge is -2.17. The minimum absolute atomic E-state index is 0.152. The molecule has 1 atom stereocenters. The van der Waals surface area contributed by atoms with Gasteiger partial charge in [-0.3, -0.25) is 0 Å². The molecule has 0 aliphatic rings. The quantitative estimate of drug-likeness (QED) is 0.689. The lowest BCUT2D eigenvalue weighted by atomic mass is 10.1. The number of aliphatic hydroxyl groups excluding tert-OH is 1. The molecule has 0 heterocycles. The zero-order valence-electron chi connectivity index (χ0n) is 9.31. The number of carboxylic acid groups (broad SMARTS) is 1. The summed E-state index contributed by atoms with van der Waals surface area (Å²) in [6.45, 7) is 2.19. The Morgan fingerprint density at radius 3 is 2.44 bits per heavy atom. The van der Waals surface area contributed by atoms with E-state index >= 15 is 0 Å². The first-order valence-electron chi connectivity index (χ1n) is 5.38. The van der Waals surface area contributed by atoms with E-state index in [4.69, 9.17) is 10.2 Å². The largest absolute Gasteiger partial charge is 0.478 e. The number of aromatic carboxylic acids is 1. The van der Waals surface area contributed by atoms with E-state index in [1.807, 2.05) is 6.92 Å². The third-order valence-corrected chi connectivity index (χ3v) is 2.47. The van der Waals surface area contributed by atoms with Gasteiger partial charge in [0.2, 0.25) is 0 Å². The van der Waals surface area contributed by atoms with E-state index < -0.39 is 5.97 Å². The van der Waals surface area contributed by atoms with Gasteiger partial charge in [-0.25, -0.2) is 4.79 Å². The van der Waals surface area contributed by atoms with Crippen molar-refractivity contribution >= 4 is 11.7 Å². The molecule has 4 nitrogen and oxygen atoms in total. The summed E-state index contributed by atoms with van der Waals surface area (Å²) in [5.74, 6) is -0.922. The zero-order chi connectivity index (χ0) is 12.0. The average molecular weight is 223 g/mol. The number of hydrogen-bond donors (Lipinski definition) is 3. The van der Waals surface area contributed by atoms with Gasteiger partial charge in [0.15, 0.2) is 0 Å². The first-order valence-corrected chi connectivity index (χ1v) is 5.38. The van der Waals surface area contributed by atoms with Crippen molar-refractivity contribution < 1.29 is 15.0 Å². The molecule has 0 saturated carbocycles. The number of nitrogens with one attached hydrogen (secondary N) is 1. The van der Waals surface area contributed by atoms with Gasteiger partial charge in [0, 0.05) is 18.3 Å². The van der Waals surface area contributed by atoms with Crippen molar-refractivity contribution in [2.24, 2.45) is 0 Å². The van der Waals surface area contributed by atoms with E-state index in [9.17, 15) is 4.79 Å². The van der Waals surface area contributed by atoms with Gasteiger partial charge in [-0.2, -0.15) is 0 Å². The fourth-order valence-corrected chi connectivity index (χ4v) is 1.48. The van der Waals surface area contributed by atoms with Gasteiger partial charge >= 0.3 is 5.97 Å². The highest BCUT2D eigenvalue weighted by molar-refractivity contribution is 5.87. The van der Waals surface area contributed by atoms with Crippen LogP contribution in [-0.2, 0) is 0 Å². The highest BCUT2D eigenvalue weighted by atomic mass is 16.4. The second kappa shape index (κ2) is 6.12. The maximum absolute atomic E-state index is 10.6.